The quantitative estimate of drug-likeness (QED) is 0.311. The van der Waals surface area contributed by atoms with Crippen LogP contribution < -0.4 is 4.74 Å². The largest absolute Gasteiger partial charge is 0.497 e. The Bertz CT molecular complexity index is 1150. The number of hydrogen-bond acceptors (Lipinski definition) is 6. The first-order chi connectivity index (χ1) is 18.5. The third-order valence-corrected chi connectivity index (χ3v) is 16.3. The van der Waals surface area contributed by atoms with Crippen molar-refractivity contribution in [2.24, 2.45) is 22.7 Å². The van der Waals surface area contributed by atoms with E-state index in [-0.39, 0.29) is 47.4 Å². The van der Waals surface area contributed by atoms with Gasteiger partial charge in [-0.15, -0.1) is 0 Å². The molecule has 1 aromatic rings. The molecule has 4 fully saturated rings. The standard InChI is InChI=1S/C33H50O6Si/c1-20-11-16-26(39-40(9,10)30(2,3)4)32(7)24(20)19-25(34)33(35)18-17-23(31(33,5)6)27-28(32)38-29(37-27)21-12-14-22(36-8)15-13-21/h12-15,23-24,26-29,35H,1,11,16-19H2,2-10H3/t23-,24-,26+,27-,28-,29+,32+,33-/m1/s1. The van der Waals surface area contributed by atoms with Crippen molar-refractivity contribution in [1.29, 1.82) is 0 Å². The first-order valence-electron chi connectivity index (χ1n) is 15.0. The molecule has 1 aliphatic heterocycles. The number of allylic oxidation sites excluding steroid dienone is 1. The maximum absolute atomic E-state index is 14.1. The molecule has 2 bridgehead atoms. The lowest BCUT2D eigenvalue weighted by molar-refractivity contribution is -0.156. The maximum Gasteiger partial charge on any atom is 0.192 e. The van der Waals surface area contributed by atoms with Crippen LogP contribution in [0.15, 0.2) is 36.4 Å². The molecule has 4 aliphatic rings. The zero-order valence-corrected chi connectivity index (χ0v) is 27.0. The second-order valence-corrected chi connectivity index (χ2v) is 19.9. The number of rotatable bonds is 4. The van der Waals surface area contributed by atoms with Crippen molar-refractivity contribution in [3.05, 3.63) is 42.0 Å². The maximum atomic E-state index is 14.1. The van der Waals surface area contributed by atoms with Crippen LogP contribution in [0.25, 0.3) is 0 Å². The summed E-state index contributed by atoms with van der Waals surface area (Å²) in [6, 6.07) is 7.86. The van der Waals surface area contributed by atoms with Gasteiger partial charge in [0.1, 0.15) is 11.4 Å². The van der Waals surface area contributed by atoms with Crippen molar-refractivity contribution in [3.63, 3.8) is 0 Å². The summed E-state index contributed by atoms with van der Waals surface area (Å²) in [4.78, 5) is 14.1. The zero-order chi connectivity index (χ0) is 29.5. The minimum absolute atomic E-state index is 0.0376. The Kier molecular flexibility index (Phi) is 7.31. The molecule has 222 valence electrons. The Morgan fingerprint density at radius 1 is 1.07 bits per heavy atom. The number of ether oxygens (including phenoxy) is 3. The number of methoxy groups -OCH3 is 1. The summed E-state index contributed by atoms with van der Waals surface area (Å²) in [5.41, 5.74) is -0.623. The van der Waals surface area contributed by atoms with Crippen molar-refractivity contribution < 1.29 is 28.5 Å². The molecule has 6 nitrogen and oxygen atoms in total. The molecule has 0 spiro atoms. The van der Waals surface area contributed by atoms with E-state index in [9.17, 15) is 9.90 Å². The lowest BCUT2D eigenvalue weighted by Crippen LogP contribution is -2.60. The van der Waals surface area contributed by atoms with Gasteiger partial charge < -0.3 is 23.7 Å². The van der Waals surface area contributed by atoms with Crippen LogP contribution in [-0.2, 0) is 18.7 Å². The molecule has 3 saturated carbocycles. The van der Waals surface area contributed by atoms with Crippen molar-refractivity contribution in [2.45, 2.75) is 122 Å². The van der Waals surface area contributed by atoms with Crippen LogP contribution in [0, 0.1) is 22.7 Å². The van der Waals surface area contributed by atoms with E-state index in [1.807, 2.05) is 38.1 Å². The Labute approximate surface area is 241 Å². The van der Waals surface area contributed by atoms with Gasteiger partial charge in [0.25, 0.3) is 0 Å². The lowest BCUT2D eigenvalue weighted by Gasteiger charge is -2.55. The van der Waals surface area contributed by atoms with Gasteiger partial charge in [-0.1, -0.05) is 65.8 Å². The summed E-state index contributed by atoms with van der Waals surface area (Å²) in [5, 5.41) is 12.1. The number of ketones is 1. The summed E-state index contributed by atoms with van der Waals surface area (Å²) >= 11 is 0. The van der Waals surface area contributed by atoms with Crippen LogP contribution in [0.3, 0.4) is 0 Å². The van der Waals surface area contributed by atoms with Gasteiger partial charge in [0, 0.05) is 22.8 Å². The van der Waals surface area contributed by atoms with E-state index in [1.54, 1.807) is 7.11 Å². The molecule has 1 saturated heterocycles. The molecule has 40 heavy (non-hydrogen) atoms. The Morgan fingerprint density at radius 2 is 1.73 bits per heavy atom. The minimum Gasteiger partial charge on any atom is -0.497 e. The highest BCUT2D eigenvalue weighted by atomic mass is 28.4. The minimum atomic E-state index is -2.17. The third kappa shape index (κ3) is 4.37. The molecule has 8 atom stereocenters. The average Bonchev–Trinajstić information content (AvgIpc) is 3.42. The predicted octanol–water partition coefficient (Wildman–Crippen LogP) is 6.98. The first-order valence-corrected chi connectivity index (χ1v) is 17.9. The molecule has 1 heterocycles. The highest BCUT2D eigenvalue weighted by molar-refractivity contribution is 6.74. The van der Waals surface area contributed by atoms with Gasteiger partial charge in [0.15, 0.2) is 20.4 Å². The number of carbonyl (C=O) groups is 1. The Hall–Kier alpha value is -1.51. The number of benzene rings is 1. The highest BCUT2D eigenvalue weighted by Gasteiger charge is 2.68. The number of Topliss-reactive ketones (excluding diaryl/α,β-unsaturated/α-hetero) is 1. The van der Waals surface area contributed by atoms with E-state index in [0.717, 1.165) is 29.7 Å². The zero-order valence-electron chi connectivity index (χ0n) is 26.0. The van der Waals surface area contributed by atoms with E-state index in [1.165, 1.54) is 0 Å². The van der Waals surface area contributed by atoms with Crippen LogP contribution in [0.5, 0.6) is 5.75 Å². The second kappa shape index (κ2) is 9.77. The fourth-order valence-electron chi connectivity index (χ4n) is 7.89. The summed E-state index contributed by atoms with van der Waals surface area (Å²) in [6.07, 6.45) is 1.76. The fraction of sp³-hybridized carbons (Fsp3) is 0.727. The van der Waals surface area contributed by atoms with Gasteiger partial charge in [0.05, 0.1) is 25.4 Å². The number of carbonyl (C=O) groups excluding carboxylic acids is 1. The monoisotopic (exact) mass is 570 g/mol. The van der Waals surface area contributed by atoms with E-state index < -0.39 is 31.0 Å². The van der Waals surface area contributed by atoms with Gasteiger partial charge in [0.2, 0.25) is 0 Å². The molecule has 5 rings (SSSR count). The van der Waals surface area contributed by atoms with E-state index >= 15 is 0 Å². The Morgan fingerprint density at radius 3 is 2.33 bits per heavy atom. The molecular weight excluding hydrogens is 520 g/mol. The van der Waals surface area contributed by atoms with E-state index in [0.29, 0.717) is 12.8 Å². The molecule has 3 aliphatic carbocycles. The van der Waals surface area contributed by atoms with Gasteiger partial charge in [-0.3, -0.25) is 4.79 Å². The van der Waals surface area contributed by atoms with Crippen LogP contribution in [0.2, 0.25) is 18.1 Å². The normalized spacial score (nSPS) is 39.6. The molecule has 1 N–H and O–H groups in total. The molecule has 1 aromatic carbocycles. The van der Waals surface area contributed by atoms with Crippen molar-refractivity contribution >= 4 is 14.1 Å². The van der Waals surface area contributed by atoms with Gasteiger partial charge in [-0.05, 0) is 67.8 Å². The third-order valence-electron chi connectivity index (χ3n) is 11.8. The van der Waals surface area contributed by atoms with Gasteiger partial charge in [-0.2, -0.15) is 0 Å². The summed E-state index contributed by atoms with van der Waals surface area (Å²) in [7, 11) is -0.507. The van der Waals surface area contributed by atoms with Crippen LogP contribution in [-0.4, -0.2) is 50.2 Å². The summed E-state index contributed by atoms with van der Waals surface area (Å²) < 4.78 is 26.5. The SMILES string of the molecule is C=C1CC[C@H](O[Si](C)(C)C(C)(C)C)[C@]2(C)[C@@H]1CC(=O)[C@]1(O)CC[C@H]([C@H]3O[C@H](c4ccc(OC)cc4)O[C@H]32)C1(C)C. The molecule has 0 amide bonds. The second-order valence-electron chi connectivity index (χ2n) is 15.1. The first kappa shape index (κ1) is 30.0. The molecular formula is C33H50O6Si. The van der Waals surface area contributed by atoms with Crippen LogP contribution in [0.1, 0.15) is 85.5 Å². The number of hydrogen-bond donors (Lipinski definition) is 1. The molecule has 0 radical (unpaired) electrons. The van der Waals surface area contributed by atoms with E-state index in [4.69, 9.17) is 18.6 Å². The topological polar surface area (TPSA) is 74.2 Å². The lowest BCUT2D eigenvalue weighted by atomic mass is 9.58. The average molecular weight is 571 g/mol. The Balaban J connectivity index is 1.65. The number of fused-ring (bicyclic) bond motifs is 6. The fourth-order valence-corrected chi connectivity index (χ4v) is 9.33. The van der Waals surface area contributed by atoms with Crippen molar-refractivity contribution in [3.8, 4) is 5.75 Å². The summed E-state index contributed by atoms with van der Waals surface area (Å²) in [5.74, 6) is 0.489. The molecule has 7 heteroatoms. The summed E-state index contributed by atoms with van der Waals surface area (Å²) in [6.45, 7) is 22.2. The van der Waals surface area contributed by atoms with Crippen molar-refractivity contribution in [1.82, 2.24) is 0 Å². The van der Waals surface area contributed by atoms with Crippen LogP contribution >= 0.6 is 0 Å². The molecule has 0 unspecified atom stereocenters. The van der Waals surface area contributed by atoms with Gasteiger partial charge >= 0.3 is 0 Å². The van der Waals surface area contributed by atoms with Crippen molar-refractivity contribution in [2.75, 3.05) is 7.11 Å². The number of aliphatic hydroxyl groups is 1. The van der Waals surface area contributed by atoms with E-state index in [2.05, 4.69) is 47.4 Å². The highest BCUT2D eigenvalue weighted by Crippen LogP contribution is 2.63. The predicted molar refractivity (Wildman–Crippen MR) is 159 cm³/mol. The molecule has 0 aromatic heterocycles. The van der Waals surface area contributed by atoms with Crippen LogP contribution in [0.4, 0.5) is 0 Å². The smallest absolute Gasteiger partial charge is 0.192 e. The van der Waals surface area contributed by atoms with Gasteiger partial charge in [-0.25, -0.2) is 0 Å².